The minimum atomic E-state index is -2.00. The third-order valence-electron chi connectivity index (χ3n) is 2.76. The summed E-state index contributed by atoms with van der Waals surface area (Å²) in [5, 5.41) is 0. The highest BCUT2D eigenvalue weighted by Gasteiger charge is 2.45. The van der Waals surface area contributed by atoms with Gasteiger partial charge in [-0.25, -0.2) is 9.18 Å². The molecule has 0 bridgehead atoms. The largest absolute Gasteiger partial charge is 0.466 e. The Hall–Kier alpha value is -1.45. The molecule has 0 fully saturated rings. The van der Waals surface area contributed by atoms with Gasteiger partial charge in [-0.15, -0.1) is 0 Å². The summed E-state index contributed by atoms with van der Waals surface area (Å²) in [6, 6.07) is 3.25. The average Bonchev–Trinajstić information content (AvgIpc) is 2.28. The van der Waals surface area contributed by atoms with Crippen molar-refractivity contribution in [3.05, 3.63) is 29.6 Å². The highest BCUT2D eigenvalue weighted by Crippen LogP contribution is 2.38. The number of aryl methyl sites for hydroxylation is 1. The molecule has 0 radical (unpaired) electrons. The minimum absolute atomic E-state index is 0.179. The molecule has 15 heavy (non-hydrogen) atoms. The summed E-state index contributed by atoms with van der Waals surface area (Å²) < 4.78 is 19.0. The van der Waals surface area contributed by atoms with Crippen molar-refractivity contribution in [2.45, 2.75) is 24.9 Å². The van der Waals surface area contributed by atoms with E-state index >= 15 is 0 Å². The molecular weight excluding hydrogens is 197 g/mol. The summed E-state index contributed by atoms with van der Waals surface area (Å²) in [7, 11) is 1.20. The number of methoxy groups -OCH3 is 1. The Labute approximate surface area is 87.3 Å². The van der Waals surface area contributed by atoms with Crippen LogP contribution in [0.1, 0.15) is 24.1 Å². The summed E-state index contributed by atoms with van der Waals surface area (Å²) >= 11 is 0. The highest BCUT2D eigenvalue weighted by molar-refractivity contribution is 5.81. The molecule has 80 valence electrons. The Morgan fingerprint density at radius 1 is 1.67 bits per heavy atom. The number of hydrogen-bond donors (Lipinski definition) is 0. The van der Waals surface area contributed by atoms with Crippen molar-refractivity contribution in [2.24, 2.45) is 0 Å². The molecule has 0 aliphatic heterocycles. The van der Waals surface area contributed by atoms with E-state index < -0.39 is 11.6 Å². The first kappa shape index (κ1) is 10.1. The van der Waals surface area contributed by atoms with Crippen LogP contribution in [0.15, 0.2) is 18.3 Å². The van der Waals surface area contributed by atoms with Crippen molar-refractivity contribution in [2.75, 3.05) is 7.11 Å². The molecule has 0 aromatic carbocycles. The molecular formula is C11H12FNO2. The quantitative estimate of drug-likeness (QED) is 0.661. The monoisotopic (exact) mass is 209 g/mol. The molecule has 0 unspecified atom stereocenters. The van der Waals surface area contributed by atoms with Gasteiger partial charge in [-0.1, -0.05) is 6.07 Å². The summed E-state index contributed by atoms with van der Waals surface area (Å²) in [6.07, 6.45) is 3.13. The lowest BCUT2D eigenvalue weighted by atomic mass is 9.83. The second-order valence-electron chi connectivity index (χ2n) is 3.64. The molecule has 0 N–H and O–H groups in total. The number of carbonyl (C=O) groups excluding carboxylic acids is 1. The zero-order valence-electron chi connectivity index (χ0n) is 8.50. The van der Waals surface area contributed by atoms with Crippen molar-refractivity contribution < 1.29 is 13.9 Å². The van der Waals surface area contributed by atoms with E-state index in [0.717, 1.165) is 6.42 Å². The van der Waals surface area contributed by atoms with E-state index in [1.54, 1.807) is 18.3 Å². The van der Waals surface area contributed by atoms with E-state index in [1.165, 1.54) is 7.11 Å². The van der Waals surface area contributed by atoms with E-state index in [9.17, 15) is 9.18 Å². The van der Waals surface area contributed by atoms with E-state index in [-0.39, 0.29) is 6.42 Å². The lowest BCUT2D eigenvalue weighted by Gasteiger charge is -2.28. The highest BCUT2D eigenvalue weighted by atomic mass is 19.1. The molecule has 2 rings (SSSR count). The Kier molecular flexibility index (Phi) is 2.42. The van der Waals surface area contributed by atoms with Gasteiger partial charge in [0, 0.05) is 17.5 Å². The third-order valence-corrected chi connectivity index (χ3v) is 2.76. The number of pyridine rings is 1. The maximum atomic E-state index is 14.4. The second kappa shape index (κ2) is 3.61. The first-order chi connectivity index (χ1) is 7.18. The summed E-state index contributed by atoms with van der Waals surface area (Å²) in [5.74, 6) is -0.823. The maximum Gasteiger partial charge on any atom is 0.348 e. The van der Waals surface area contributed by atoms with Gasteiger partial charge in [0.2, 0.25) is 5.67 Å². The number of hydrogen-bond acceptors (Lipinski definition) is 3. The number of aromatic nitrogens is 1. The lowest BCUT2D eigenvalue weighted by molar-refractivity contribution is -0.156. The first-order valence-electron chi connectivity index (χ1n) is 4.90. The van der Waals surface area contributed by atoms with Gasteiger partial charge in [0.15, 0.2) is 0 Å². The topological polar surface area (TPSA) is 39.2 Å². The predicted molar refractivity (Wildman–Crippen MR) is 52.0 cm³/mol. The van der Waals surface area contributed by atoms with Gasteiger partial charge < -0.3 is 4.74 Å². The standard InChI is InChI=1S/C11H12FNO2/c1-15-10(14)11(12)6-2-5-9-8(11)4-3-7-13-9/h3-4,7H,2,5-6H2,1H3/t11-/m0/s1. The van der Waals surface area contributed by atoms with Crippen LogP contribution in [0.25, 0.3) is 0 Å². The van der Waals surface area contributed by atoms with Gasteiger partial charge in [-0.2, -0.15) is 0 Å². The second-order valence-corrected chi connectivity index (χ2v) is 3.64. The fraction of sp³-hybridized carbons (Fsp3) is 0.455. The van der Waals surface area contributed by atoms with Gasteiger partial charge in [0.05, 0.1) is 7.11 Å². The van der Waals surface area contributed by atoms with Crippen LogP contribution in [0.4, 0.5) is 4.39 Å². The van der Waals surface area contributed by atoms with Crippen LogP contribution < -0.4 is 0 Å². The maximum absolute atomic E-state index is 14.4. The van der Waals surface area contributed by atoms with Gasteiger partial charge in [0.1, 0.15) is 0 Å². The summed E-state index contributed by atoms with van der Waals surface area (Å²) in [6.45, 7) is 0. The fourth-order valence-corrected chi connectivity index (χ4v) is 2.01. The number of esters is 1. The first-order valence-corrected chi connectivity index (χ1v) is 4.90. The number of rotatable bonds is 1. The lowest BCUT2D eigenvalue weighted by Crippen LogP contribution is -2.36. The fourth-order valence-electron chi connectivity index (χ4n) is 2.01. The van der Waals surface area contributed by atoms with Crippen LogP contribution in [-0.4, -0.2) is 18.1 Å². The van der Waals surface area contributed by atoms with Crippen LogP contribution in [-0.2, 0) is 21.6 Å². The molecule has 0 spiro atoms. The van der Waals surface area contributed by atoms with Crippen LogP contribution in [0.5, 0.6) is 0 Å². The smallest absolute Gasteiger partial charge is 0.348 e. The van der Waals surface area contributed by atoms with Crippen molar-refractivity contribution in [1.82, 2.24) is 4.98 Å². The number of nitrogens with zero attached hydrogens (tertiary/aromatic N) is 1. The Balaban J connectivity index is 2.49. The molecule has 4 heteroatoms. The van der Waals surface area contributed by atoms with Crippen LogP contribution in [0, 0.1) is 0 Å². The third kappa shape index (κ3) is 1.50. The molecule has 1 heterocycles. The molecule has 3 nitrogen and oxygen atoms in total. The number of fused-ring (bicyclic) bond motifs is 1. The number of carbonyl (C=O) groups is 1. The Bertz CT molecular complexity index is 394. The molecule has 1 aliphatic carbocycles. The van der Waals surface area contributed by atoms with Crippen molar-refractivity contribution >= 4 is 5.97 Å². The number of alkyl halides is 1. The molecule has 0 saturated heterocycles. The van der Waals surface area contributed by atoms with Crippen LogP contribution >= 0.6 is 0 Å². The Morgan fingerprint density at radius 2 is 2.47 bits per heavy atom. The normalized spacial score (nSPS) is 24.4. The molecule has 1 aromatic rings. The minimum Gasteiger partial charge on any atom is -0.466 e. The van der Waals surface area contributed by atoms with Gasteiger partial charge in [-0.3, -0.25) is 4.98 Å². The van der Waals surface area contributed by atoms with Crippen molar-refractivity contribution in [1.29, 1.82) is 0 Å². The van der Waals surface area contributed by atoms with Gasteiger partial charge in [0.25, 0.3) is 0 Å². The van der Waals surface area contributed by atoms with Crippen molar-refractivity contribution in [3.63, 3.8) is 0 Å². The van der Waals surface area contributed by atoms with E-state index in [4.69, 9.17) is 0 Å². The van der Waals surface area contributed by atoms with Gasteiger partial charge in [-0.05, 0) is 25.3 Å². The summed E-state index contributed by atoms with van der Waals surface area (Å²) in [5.41, 5.74) is -0.976. The zero-order valence-corrected chi connectivity index (χ0v) is 8.50. The number of ether oxygens (including phenoxy) is 1. The SMILES string of the molecule is COC(=O)[C@]1(F)CCCc2ncccc21. The number of halogens is 1. The zero-order chi connectivity index (χ0) is 10.9. The van der Waals surface area contributed by atoms with Crippen molar-refractivity contribution in [3.8, 4) is 0 Å². The van der Waals surface area contributed by atoms with E-state index in [2.05, 4.69) is 9.72 Å². The van der Waals surface area contributed by atoms with Gasteiger partial charge >= 0.3 is 5.97 Å². The van der Waals surface area contributed by atoms with E-state index in [1.807, 2.05) is 0 Å². The molecule has 0 saturated carbocycles. The molecule has 1 atom stereocenters. The Morgan fingerprint density at radius 3 is 3.20 bits per heavy atom. The average molecular weight is 209 g/mol. The molecule has 0 amide bonds. The summed E-state index contributed by atoms with van der Waals surface area (Å²) in [4.78, 5) is 15.5. The molecule has 1 aromatic heterocycles. The molecule has 1 aliphatic rings. The van der Waals surface area contributed by atoms with Crippen LogP contribution in [0.2, 0.25) is 0 Å². The predicted octanol–water partition coefficient (Wildman–Crippen LogP) is 1.76. The van der Waals surface area contributed by atoms with E-state index in [0.29, 0.717) is 17.7 Å². The van der Waals surface area contributed by atoms with Crippen LogP contribution in [0.3, 0.4) is 0 Å².